The van der Waals surface area contributed by atoms with Gasteiger partial charge in [0.05, 0.1) is 5.02 Å². The first kappa shape index (κ1) is 13.9. The molecule has 3 nitrogen and oxygen atoms in total. The summed E-state index contributed by atoms with van der Waals surface area (Å²) < 4.78 is 1.16. The smallest absolute Gasteiger partial charge is 0.323 e. The molecular formula is C15H16ClNO2S. The van der Waals surface area contributed by atoms with Crippen molar-refractivity contribution in [2.45, 2.75) is 31.8 Å². The first-order valence-electron chi connectivity index (χ1n) is 6.67. The standard InChI is InChI=1S/C15H16ClNO2S/c1-15(14(18)19)7-4-8-17(15)9-12-13(16)10-5-2-3-6-11(10)20-12/h2-3,5-6H,4,7-9H2,1H3,(H,18,19). The van der Waals surface area contributed by atoms with E-state index in [1.165, 1.54) is 0 Å². The Labute approximate surface area is 126 Å². The second-order valence-corrected chi connectivity index (χ2v) is 6.95. The third kappa shape index (κ3) is 2.12. The van der Waals surface area contributed by atoms with Gasteiger partial charge in [-0.1, -0.05) is 29.8 Å². The number of hydrogen-bond acceptors (Lipinski definition) is 3. The van der Waals surface area contributed by atoms with Gasteiger partial charge in [0.1, 0.15) is 5.54 Å². The van der Waals surface area contributed by atoms with Gasteiger partial charge in [0.25, 0.3) is 0 Å². The summed E-state index contributed by atoms with van der Waals surface area (Å²) in [7, 11) is 0. The fourth-order valence-electron chi connectivity index (χ4n) is 2.85. The average molecular weight is 310 g/mol. The molecule has 0 amide bonds. The van der Waals surface area contributed by atoms with Gasteiger partial charge in [-0.25, -0.2) is 0 Å². The van der Waals surface area contributed by atoms with Crippen LogP contribution in [0.4, 0.5) is 0 Å². The van der Waals surface area contributed by atoms with Crippen LogP contribution in [0.5, 0.6) is 0 Å². The summed E-state index contributed by atoms with van der Waals surface area (Å²) in [4.78, 5) is 14.6. The molecule has 1 aliphatic heterocycles. The van der Waals surface area contributed by atoms with Crippen LogP contribution in [0.3, 0.4) is 0 Å². The molecule has 0 saturated carbocycles. The third-order valence-corrected chi connectivity index (χ3v) is 5.89. The number of carbonyl (C=O) groups is 1. The van der Waals surface area contributed by atoms with Crippen LogP contribution < -0.4 is 0 Å². The number of nitrogens with zero attached hydrogens (tertiary/aromatic N) is 1. The van der Waals surface area contributed by atoms with E-state index in [9.17, 15) is 9.90 Å². The number of rotatable bonds is 3. The van der Waals surface area contributed by atoms with Gasteiger partial charge in [0.2, 0.25) is 0 Å². The molecular weight excluding hydrogens is 294 g/mol. The van der Waals surface area contributed by atoms with E-state index in [1.807, 2.05) is 30.0 Å². The maximum atomic E-state index is 11.5. The van der Waals surface area contributed by atoms with Crippen molar-refractivity contribution in [2.24, 2.45) is 0 Å². The Morgan fingerprint density at radius 1 is 1.50 bits per heavy atom. The monoisotopic (exact) mass is 309 g/mol. The molecule has 106 valence electrons. The van der Waals surface area contributed by atoms with E-state index in [0.717, 1.165) is 33.0 Å². The zero-order valence-electron chi connectivity index (χ0n) is 11.2. The Balaban J connectivity index is 1.93. The zero-order valence-corrected chi connectivity index (χ0v) is 12.8. The van der Waals surface area contributed by atoms with Gasteiger partial charge in [-0.2, -0.15) is 0 Å². The lowest BCUT2D eigenvalue weighted by molar-refractivity contribution is -0.148. The van der Waals surface area contributed by atoms with Crippen LogP contribution in [0, 0.1) is 0 Å². The number of carboxylic acids is 1. The Kier molecular flexibility index (Phi) is 3.48. The highest BCUT2D eigenvalue weighted by atomic mass is 35.5. The first-order chi connectivity index (χ1) is 9.52. The fraction of sp³-hybridized carbons (Fsp3) is 0.400. The topological polar surface area (TPSA) is 40.5 Å². The van der Waals surface area contributed by atoms with Crippen LogP contribution >= 0.6 is 22.9 Å². The predicted molar refractivity (Wildman–Crippen MR) is 82.5 cm³/mol. The highest BCUT2D eigenvalue weighted by Gasteiger charge is 2.43. The van der Waals surface area contributed by atoms with Crippen molar-refractivity contribution in [1.82, 2.24) is 4.90 Å². The summed E-state index contributed by atoms with van der Waals surface area (Å²) >= 11 is 8.10. The summed E-state index contributed by atoms with van der Waals surface area (Å²) in [6, 6.07) is 8.03. The number of fused-ring (bicyclic) bond motifs is 1. The molecule has 1 atom stereocenters. The van der Waals surface area contributed by atoms with Crippen LogP contribution in [0.1, 0.15) is 24.6 Å². The van der Waals surface area contributed by atoms with Gasteiger partial charge in [-0.15, -0.1) is 11.3 Å². The molecule has 0 aliphatic carbocycles. The van der Waals surface area contributed by atoms with Gasteiger partial charge in [0, 0.05) is 21.5 Å². The normalized spacial score (nSPS) is 23.5. The Morgan fingerprint density at radius 2 is 2.25 bits per heavy atom. The summed E-state index contributed by atoms with van der Waals surface area (Å²) in [6.07, 6.45) is 1.62. The molecule has 20 heavy (non-hydrogen) atoms. The largest absolute Gasteiger partial charge is 0.480 e. The van der Waals surface area contributed by atoms with Gasteiger partial charge in [-0.05, 0) is 32.4 Å². The van der Waals surface area contributed by atoms with Gasteiger partial charge < -0.3 is 5.11 Å². The third-order valence-electron chi connectivity index (χ3n) is 4.19. The van der Waals surface area contributed by atoms with E-state index in [1.54, 1.807) is 11.3 Å². The number of benzene rings is 1. The summed E-state index contributed by atoms with van der Waals surface area (Å²) in [5, 5.41) is 11.3. The number of aliphatic carboxylic acids is 1. The number of halogens is 1. The van der Waals surface area contributed by atoms with Crippen molar-refractivity contribution in [2.75, 3.05) is 6.54 Å². The molecule has 0 radical (unpaired) electrons. The molecule has 5 heteroatoms. The average Bonchev–Trinajstić information content (AvgIpc) is 2.94. The maximum Gasteiger partial charge on any atom is 0.323 e. The van der Waals surface area contributed by atoms with Crippen LogP contribution in [0.2, 0.25) is 5.02 Å². The maximum absolute atomic E-state index is 11.5. The van der Waals surface area contributed by atoms with Crippen molar-refractivity contribution in [3.05, 3.63) is 34.2 Å². The van der Waals surface area contributed by atoms with Crippen LogP contribution in [-0.4, -0.2) is 28.1 Å². The Morgan fingerprint density at radius 3 is 2.95 bits per heavy atom. The van der Waals surface area contributed by atoms with Crippen LogP contribution in [0.25, 0.3) is 10.1 Å². The number of likely N-dealkylation sites (tertiary alicyclic amines) is 1. The highest BCUT2D eigenvalue weighted by molar-refractivity contribution is 7.19. The SMILES string of the molecule is CC1(C(=O)O)CCCN1Cc1sc2ccccc2c1Cl. The molecule has 1 saturated heterocycles. The highest BCUT2D eigenvalue weighted by Crippen LogP contribution is 2.38. The predicted octanol–water partition coefficient (Wildman–Crippen LogP) is 3.99. The van der Waals surface area contributed by atoms with Crippen molar-refractivity contribution in [1.29, 1.82) is 0 Å². The second-order valence-electron chi connectivity index (χ2n) is 5.44. The molecule has 1 fully saturated rings. The molecule has 0 spiro atoms. The van der Waals surface area contributed by atoms with E-state index in [4.69, 9.17) is 11.6 Å². The van der Waals surface area contributed by atoms with Crippen LogP contribution in [0.15, 0.2) is 24.3 Å². The summed E-state index contributed by atoms with van der Waals surface area (Å²) in [5.41, 5.74) is -0.764. The van der Waals surface area contributed by atoms with Crippen LogP contribution in [-0.2, 0) is 11.3 Å². The van der Waals surface area contributed by atoms with Crippen molar-refractivity contribution < 1.29 is 9.90 Å². The zero-order chi connectivity index (χ0) is 14.3. The molecule has 1 N–H and O–H groups in total. The van der Waals surface area contributed by atoms with Crippen molar-refractivity contribution >= 4 is 39.0 Å². The molecule has 1 aromatic carbocycles. The van der Waals surface area contributed by atoms with Gasteiger partial charge in [-0.3, -0.25) is 9.69 Å². The minimum atomic E-state index is -0.764. The van der Waals surface area contributed by atoms with Gasteiger partial charge in [0.15, 0.2) is 0 Å². The van der Waals surface area contributed by atoms with E-state index in [2.05, 4.69) is 6.07 Å². The Hall–Kier alpha value is -1.10. The molecule has 2 heterocycles. The fourth-order valence-corrected chi connectivity index (χ4v) is 4.36. The van der Waals surface area contributed by atoms with E-state index in [-0.39, 0.29) is 0 Å². The molecule has 2 aromatic rings. The van der Waals surface area contributed by atoms with Crippen molar-refractivity contribution in [3.63, 3.8) is 0 Å². The molecule has 1 aromatic heterocycles. The van der Waals surface area contributed by atoms with E-state index >= 15 is 0 Å². The van der Waals surface area contributed by atoms with E-state index < -0.39 is 11.5 Å². The lowest BCUT2D eigenvalue weighted by Crippen LogP contribution is -2.47. The number of thiophene rings is 1. The molecule has 1 unspecified atom stereocenters. The summed E-state index contributed by atoms with van der Waals surface area (Å²) in [6.45, 7) is 3.23. The quantitative estimate of drug-likeness (QED) is 0.932. The minimum Gasteiger partial charge on any atom is -0.480 e. The molecule has 1 aliphatic rings. The number of hydrogen-bond donors (Lipinski definition) is 1. The first-order valence-corrected chi connectivity index (χ1v) is 7.86. The minimum absolute atomic E-state index is 0.612. The second kappa shape index (κ2) is 5.02. The lowest BCUT2D eigenvalue weighted by atomic mass is 9.99. The number of carboxylic acid groups (broad SMARTS) is 1. The molecule has 3 rings (SSSR count). The molecule has 0 bridgehead atoms. The van der Waals surface area contributed by atoms with E-state index in [0.29, 0.717) is 13.0 Å². The van der Waals surface area contributed by atoms with Gasteiger partial charge >= 0.3 is 5.97 Å². The lowest BCUT2D eigenvalue weighted by Gasteiger charge is -2.30. The Bertz CT molecular complexity index is 669. The summed E-state index contributed by atoms with van der Waals surface area (Å²) in [5.74, 6) is -0.743. The van der Waals surface area contributed by atoms with Crippen molar-refractivity contribution in [3.8, 4) is 0 Å².